The van der Waals surface area contributed by atoms with Gasteiger partial charge in [-0.25, -0.2) is 0 Å². The van der Waals surface area contributed by atoms with E-state index in [0.29, 0.717) is 5.92 Å². The zero-order chi connectivity index (χ0) is 11.4. The van der Waals surface area contributed by atoms with E-state index in [9.17, 15) is 0 Å². The van der Waals surface area contributed by atoms with E-state index in [1.54, 1.807) is 0 Å². The largest absolute Gasteiger partial charge is 0.316 e. The number of nitrogens with one attached hydrogen (secondary N) is 1. The van der Waals surface area contributed by atoms with Crippen LogP contribution in [-0.2, 0) is 0 Å². The molecule has 1 aliphatic carbocycles. The molecule has 0 aromatic heterocycles. The van der Waals surface area contributed by atoms with Crippen LogP contribution >= 0.6 is 0 Å². The summed E-state index contributed by atoms with van der Waals surface area (Å²) in [6.07, 6.45) is 2.91. The van der Waals surface area contributed by atoms with Crippen molar-refractivity contribution in [3.8, 4) is 0 Å². The van der Waals surface area contributed by atoms with Crippen molar-refractivity contribution in [3.63, 3.8) is 0 Å². The van der Waals surface area contributed by atoms with Crippen molar-refractivity contribution in [2.24, 2.45) is 11.8 Å². The van der Waals surface area contributed by atoms with Crippen LogP contribution in [0.4, 0.5) is 0 Å². The second-order valence-electron chi connectivity index (χ2n) is 5.28. The Morgan fingerprint density at radius 1 is 1.12 bits per heavy atom. The lowest BCUT2D eigenvalue weighted by atomic mass is 10.0. The zero-order valence-corrected chi connectivity index (χ0v) is 10.4. The van der Waals surface area contributed by atoms with Gasteiger partial charge in [0.15, 0.2) is 0 Å². The topological polar surface area (TPSA) is 12.0 Å². The summed E-state index contributed by atoms with van der Waals surface area (Å²) in [5.74, 6) is 2.50. The molecule has 1 nitrogen and oxygen atoms in total. The molecule has 0 heterocycles. The molecule has 1 N–H and O–H groups in total. The second kappa shape index (κ2) is 5.49. The van der Waals surface area contributed by atoms with Gasteiger partial charge in [0.1, 0.15) is 0 Å². The minimum atomic E-state index is 0.618. The Morgan fingerprint density at radius 2 is 1.81 bits per heavy atom. The molecular formula is C15H23N. The van der Waals surface area contributed by atoms with Crippen molar-refractivity contribution >= 4 is 0 Å². The Labute approximate surface area is 99.3 Å². The number of hydrogen-bond donors (Lipinski definition) is 1. The average molecular weight is 217 g/mol. The summed E-state index contributed by atoms with van der Waals surface area (Å²) in [4.78, 5) is 0. The molecule has 1 aromatic carbocycles. The molecular weight excluding hydrogens is 194 g/mol. The first-order valence-electron chi connectivity index (χ1n) is 6.53. The Kier molecular flexibility index (Phi) is 4.00. The Hall–Kier alpha value is -0.820. The van der Waals surface area contributed by atoms with Crippen LogP contribution in [-0.4, -0.2) is 13.1 Å². The van der Waals surface area contributed by atoms with E-state index >= 15 is 0 Å². The van der Waals surface area contributed by atoms with Gasteiger partial charge in [-0.3, -0.25) is 0 Å². The first-order valence-corrected chi connectivity index (χ1v) is 6.53. The van der Waals surface area contributed by atoms with Gasteiger partial charge in [-0.1, -0.05) is 44.2 Å². The Balaban J connectivity index is 1.69. The lowest BCUT2D eigenvalue weighted by molar-refractivity contribution is 0.453. The molecule has 2 unspecified atom stereocenters. The van der Waals surface area contributed by atoms with Crippen LogP contribution in [0.1, 0.15) is 38.2 Å². The fourth-order valence-corrected chi connectivity index (χ4v) is 2.26. The molecule has 0 radical (unpaired) electrons. The smallest absolute Gasteiger partial charge is 0.00176 e. The van der Waals surface area contributed by atoms with E-state index in [2.05, 4.69) is 49.5 Å². The van der Waals surface area contributed by atoms with Gasteiger partial charge in [0, 0.05) is 6.54 Å². The first kappa shape index (κ1) is 11.7. The van der Waals surface area contributed by atoms with E-state index in [4.69, 9.17) is 0 Å². The van der Waals surface area contributed by atoms with Crippen LogP contribution in [0.25, 0.3) is 0 Å². The molecule has 2 rings (SSSR count). The van der Waals surface area contributed by atoms with Crippen LogP contribution in [0, 0.1) is 11.8 Å². The zero-order valence-electron chi connectivity index (χ0n) is 10.4. The van der Waals surface area contributed by atoms with Crippen molar-refractivity contribution < 1.29 is 0 Å². The number of rotatable bonds is 6. The van der Waals surface area contributed by atoms with Gasteiger partial charge in [-0.2, -0.15) is 0 Å². The maximum Gasteiger partial charge on any atom is 0.00176 e. The molecule has 0 saturated heterocycles. The summed E-state index contributed by atoms with van der Waals surface area (Å²) in [6, 6.07) is 10.8. The van der Waals surface area contributed by atoms with E-state index in [0.717, 1.165) is 18.4 Å². The van der Waals surface area contributed by atoms with Crippen molar-refractivity contribution in [2.45, 2.75) is 32.6 Å². The summed E-state index contributed by atoms with van der Waals surface area (Å²) < 4.78 is 0. The summed E-state index contributed by atoms with van der Waals surface area (Å²) >= 11 is 0. The van der Waals surface area contributed by atoms with E-state index in [1.807, 2.05) is 0 Å². The summed E-state index contributed by atoms with van der Waals surface area (Å²) in [7, 11) is 0. The third-order valence-electron chi connectivity index (χ3n) is 3.71. The molecule has 1 heteroatoms. The third-order valence-corrected chi connectivity index (χ3v) is 3.71. The van der Waals surface area contributed by atoms with Crippen LogP contribution in [0.3, 0.4) is 0 Å². The van der Waals surface area contributed by atoms with E-state index in [-0.39, 0.29) is 0 Å². The second-order valence-corrected chi connectivity index (χ2v) is 5.28. The number of hydrogen-bond acceptors (Lipinski definition) is 1. The summed E-state index contributed by atoms with van der Waals surface area (Å²) in [6.45, 7) is 6.95. The highest BCUT2D eigenvalue weighted by Gasteiger charge is 2.27. The predicted octanol–water partition coefficient (Wildman–Crippen LogP) is 3.43. The van der Waals surface area contributed by atoms with Gasteiger partial charge >= 0.3 is 0 Å². The lowest BCUT2D eigenvalue weighted by Gasteiger charge is -2.15. The SMILES string of the molecule is CC(CNCC(C)C1CC1)c1ccccc1. The van der Waals surface area contributed by atoms with Gasteiger partial charge in [0.05, 0.1) is 0 Å². The predicted molar refractivity (Wildman–Crippen MR) is 69.6 cm³/mol. The fourth-order valence-electron chi connectivity index (χ4n) is 2.26. The standard InChI is InChI=1S/C15H23N/c1-12(14-6-4-3-5-7-14)10-16-11-13(2)15-8-9-15/h3-7,12-13,15-16H,8-11H2,1-2H3. The van der Waals surface area contributed by atoms with Crippen molar-refractivity contribution in [1.29, 1.82) is 0 Å². The molecule has 1 fully saturated rings. The highest BCUT2D eigenvalue weighted by atomic mass is 14.9. The highest BCUT2D eigenvalue weighted by molar-refractivity contribution is 5.18. The molecule has 16 heavy (non-hydrogen) atoms. The number of benzene rings is 1. The average Bonchev–Trinajstić information content (AvgIpc) is 3.14. The maximum atomic E-state index is 3.60. The molecule has 88 valence electrons. The van der Waals surface area contributed by atoms with E-state index in [1.165, 1.54) is 24.9 Å². The highest BCUT2D eigenvalue weighted by Crippen LogP contribution is 2.36. The van der Waals surface area contributed by atoms with Crippen LogP contribution in [0.5, 0.6) is 0 Å². The van der Waals surface area contributed by atoms with Gasteiger partial charge < -0.3 is 5.32 Å². The van der Waals surface area contributed by atoms with Crippen molar-refractivity contribution in [1.82, 2.24) is 5.32 Å². The van der Waals surface area contributed by atoms with Gasteiger partial charge in [-0.15, -0.1) is 0 Å². The molecule has 0 amide bonds. The van der Waals surface area contributed by atoms with Crippen molar-refractivity contribution in [3.05, 3.63) is 35.9 Å². The Bertz CT molecular complexity index is 302. The normalized spacial score (nSPS) is 19.4. The van der Waals surface area contributed by atoms with Crippen LogP contribution < -0.4 is 5.32 Å². The molecule has 1 aliphatic rings. The summed E-state index contributed by atoms with van der Waals surface area (Å²) in [5, 5.41) is 3.60. The fraction of sp³-hybridized carbons (Fsp3) is 0.600. The Morgan fingerprint density at radius 3 is 2.44 bits per heavy atom. The minimum Gasteiger partial charge on any atom is -0.316 e. The first-order chi connectivity index (χ1) is 7.77. The van der Waals surface area contributed by atoms with Gasteiger partial charge in [-0.05, 0) is 42.7 Å². The molecule has 0 bridgehead atoms. The molecule has 0 aliphatic heterocycles. The van der Waals surface area contributed by atoms with Crippen LogP contribution in [0.2, 0.25) is 0 Å². The minimum absolute atomic E-state index is 0.618. The van der Waals surface area contributed by atoms with Crippen molar-refractivity contribution in [2.75, 3.05) is 13.1 Å². The third kappa shape index (κ3) is 3.34. The lowest BCUT2D eigenvalue weighted by Crippen LogP contribution is -2.26. The maximum absolute atomic E-state index is 3.60. The van der Waals surface area contributed by atoms with Gasteiger partial charge in [0.25, 0.3) is 0 Å². The molecule has 2 atom stereocenters. The molecule has 1 saturated carbocycles. The quantitative estimate of drug-likeness (QED) is 0.770. The molecule has 0 spiro atoms. The van der Waals surface area contributed by atoms with Crippen LogP contribution in [0.15, 0.2) is 30.3 Å². The molecule has 1 aromatic rings. The van der Waals surface area contributed by atoms with E-state index < -0.39 is 0 Å². The monoisotopic (exact) mass is 217 g/mol. The van der Waals surface area contributed by atoms with Gasteiger partial charge in [0.2, 0.25) is 0 Å². The summed E-state index contributed by atoms with van der Waals surface area (Å²) in [5.41, 5.74) is 1.44.